The summed E-state index contributed by atoms with van der Waals surface area (Å²) in [5, 5.41) is 8.73. The second kappa shape index (κ2) is 3.51. The first-order valence-electron chi connectivity index (χ1n) is 3.46. The van der Waals surface area contributed by atoms with E-state index in [1.54, 1.807) is 6.07 Å². The minimum absolute atomic E-state index is 0.530. The summed E-state index contributed by atoms with van der Waals surface area (Å²) in [6.45, 7) is 1.92. The molecule has 0 N–H and O–H groups in total. The smallest absolute Gasteiger partial charge is 0.149 e. The highest BCUT2D eigenvalue weighted by Crippen LogP contribution is 2.27. The maximum atomic E-state index is 8.73. The van der Waals surface area contributed by atoms with E-state index in [4.69, 9.17) is 10.00 Å². The molecule has 0 bridgehead atoms. The molecule has 0 saturated carbocycles. The minimum Gasteiger partial charge on any atom is -0.494 e. The van der Waals surface area contributed by atoms with E-state index in [9.17, 15) is 0 Å². The quantitative estimate of drug-likeness (QED) is 0.670. The van der Waals surface area contributed by atoms with Gasteiger partial charge in [-0.05, 0) is 24.6 Å². The number of hydrogen-bond acceptors (Lipinski definition) is 3. The summed E-state index contributed by atoms with van der Waals surface area (Å²) >= 11 is 4.20. The topological polar surface area (TPSA) is 33.0 Å². The third-order valence-corrected chi connectivity index (χ3v) is 1.87. The second-order valence-corrected chi connectivity index (χ2v) is 2.96. The summed E-state index contributed by atoms with van der Waals surface area (Å²) in [5.41, 5.74) is 1.54. The van der Waals surface area contributed by atoms with Gasteiger partial charge in [0, 0.05) is 4.90 Å². The zero-order chi connectivity index (χ0) is 9.14. The Bertz CT molecular complexity index is 341. The normalized spacial score (nSPS) is 9.17. The maximum Gasteiger partial charge on any atom is 0.149 e. The lowest BCUT2D eigenvalue weighted by Crippen LogP contribution is -1.90. The van der Waals surface area contributed by atoms with Crippen LogP contribution in [-0.4, -0.2) is 7.11 Å². The van der Waals surface area contributed by atoms with Crippen molar-refractivity contribution in [3.05, 3.63) is 23.3 Å². The number of aryl methyl sites for hydroxylation is 1. The standard InChI is InChI=1S/C9H9NOS/c1-6-3-7(5-10)9(11-2)8(12)4-6/h3-4,12H,1-2H3. The van der Waals surface area contributed by atoms with Crippen LogP contribution in [-0.2, 0) is 0 Å². The van der Waals surface area contributed by atoms with Gasteiger partial charge in [0.1, 0.15) is 11.8 Å². The Labute approximate surface area is 77.2 Å². The molecule has 1 aromatic rings. The van der Waals surface area contributed by atoms with Gasteiger partial charge >= 0.3 is 0 Å². The van der Waals surface area contributed by atoms with Gasteiger partial charge in [-0.1, -0.05) is 0 Å². The van der Waals surface area contributed by atoms with Gasteiger partial charge in [-0.25, -0.2) is 0 Å². The molecule has 0 radical (unpaired) electrons. The third kappa shape index (κ3) is 1.54. The van der Waals surface area contributed by atoms with E-state index < -0.39 is 0 Å². The second-order valence-electron chi connectivity index (χ2n) is 2.48. The summed E-state index contributed by atoms with van der Waals surface area (Å²) in [6.07, 6.45) is 0. The van der Waals surface area contributed by atoms with Crippen LogP contribution in [0.5, 0.6) is 5.75 Å². The summed E-state index contributed by atoms with van der Waals surface area (Å²) < 4.78 is 5.02. The molecule has 3 heteroatoms. The van der Waals surface area contributed by atoms with Crippen molar-refractivity contribution in [2.75, 3.05) is 7.11 Å². The highest BCUT2D eigenvalue weighted by atomic mass is 32.1. The predicted octanol–water partition coefficient (Wildman–Crippen LogP) is 2.16. The van der Waals surface area contributed by atoms with Crippen LogP contribution in [0, 0.1) is 18.3 Å². The molecule has 0 fully saturated rings. The zero-order valence-electron chi connectivity index (χ0n) is 6.96. The van der Waals surface area contributed by atoms with Crippen molar-refractivity contribution in [3.63, 3.8) is 0 Å². The monoisotopic (exact) mass is 179 g/mol. The molecule has 0 heterocycles. The van der Waals surface area contributed by atoms with Crippen molar-refractivity contribution in [1.29, 1.82) is 5.26 Å². The van der Waals surface area contributed by atoms with E-state index in [-0.39, 0.29) is 0 Å². The number of nitrogens with zero attached hydrogens (tertiary/aromatic N) is 1. The van der Waals surface area contributed by atoms with E-state index >= 15 is 0 Å². The van der Waals surface area contributed by atoms with Gasteiger partial charge in [-0.15, -0.1) is 12.6 Å². The number of methoxy groups -OCH3 is 1. The van der Waals surface area contributed by atoms with Crippen LogP contribution >= 0.6 is 12.6 Å². The third-order valence-electron chi connectivity index (χ3n) is 1.54. The van der Waals surface area contributed by atoms with E-state index in [1.165, 1.54) is 7.11 Å². The van der Waals surface area contributed by atoms with Crippen LogP contribution in [0.1, 0.15) is 11.1 Å². The predicted molar refractivity (Wildman–Crippen MR) is 49.7 cm³/mol. The van der Waals surface area contributed by atoms with Crippen molar-refractivity contribution in [2.45, 2.75) is 11.8 Å². The number of benzene rings is 1. The van der Waals surface area contributed by atoms with Gasteiger partial charge in [0.2, 0.25) is 0 Å². The van der Waals surface area contributed by atoms with Crippen molar-refractivity contribution in [2.24, 2.45) is 0 Å². The largest absolute Gasteiger partial charge is 0.494 e. The van der Waals surface area contributed by atoms with Gasteiger partial charge < -0.3 is 4.74 Å². The molecule has 0 atom stereocenters. The first kappa shape index (κ1) is 8.95. The molecule has 62 valence electrons. The first-order chi connectivity index (χ1) is 5.69. The fourth-order valence-corrected chi connectivity index (χ4v) is 1.47. The molecule has 12 heavy (non-hydrogen) atoms. The summed E-state index contributed by atoms with van der Waals surface area (Å²) in [6, 6.07) is 5.69. The van der Waals surface area contributed by atoms with Gasteiger partial charge in [-0.2, -0.15) is 5.26 Å². The number of ether oxygens (including phenoxy) is 1. The molecule has 2 nitrogen and oxygen atoms in total. The first-order valence-corrected chi connectivity index (χ1v) is 3.91. The van der Waals surface area contributed by atoms with Crippen LogP contribution in [0.4, 0.5) is 0 Å². The van der Waals surface area contributed by atoms with Crippen molar-refractivity contribution < 1.29 is 4.74 Å². The van der Waals surface area contributed by atoms with Crippen LogP contribution in [0.15, 0.2) is 17.0 Å². The summed E-state index contributed by atoms with van der Waals surface area (Å²) in [5.74, 6) is 0.548. The van der Waals surface area contributed by atoms with E-state index in [1.807, 2.05) is 13.0 Å². The zero-order valence-corrected chi connectivity index (χ0v) is 7.85. The maximum absolute atomic E-state index is 8.73. The Morgan fingerprint density at radius 2 is 2.17 bits per heavy atom. The Morgan fingerprint density at radius 3 is 2.67 bits per heavy atom. The molecular formula is C9H9NOS. The molecule has 1 aromatic carbocycles. The molecule has 0 spiro atoms. The highest BCUT2D eigenvalue weighted by Gasteiger charge is 2.06. The Balaban J connectivity index is 3.36. The van der Waals surface area contributed by atoms with Gasteiger partial charge in [-0.3, -0.25) is 0 Å². The number of rotatable bonds is 1. The molecule has 0 aliphatic rings. The molecule has 0 aliphatic heterocycles. The molecular weight excluding hydrogens is 170 g/mol. The van der Waals surface area contributed by atoms with Crippen molar-refractivity contribution in [3.8, 4) is 11.8 Å². The van der Waals surface area contributed by atoms with Gasteiger partial charge in [0.25, 0.3) is 0 Å². The molecule has 0 saturated heterocycles. The number of hydrogen-bond donors (Lipinski definition) is 1. The van der Waals surface area contributed by atoms with Gasteiger partial charge in [0.15, 0.2) is 0 Å². The average Bonchev–Trinajstić information content (AvgIpc) is 2.03. The lowest BCUT2D eigenvalue weighted by molar-refractivity contribution is 0.403. The Morgan fingerprint density at radius 1 is 1.50 bits per heavy atom. The van der Waals surface area contributed by atoms with Gasteiger partial charge in [0.05, 0.1) is 12.7 Å². The van der Waals surface area contributed by atoms with Crippen LogP contribution in [0.25, 0.3) is 0 Å². The van der Waals surface area contributed by atoms with Crippen LogP contribution in [0.3, 0.4) is 0 Å². The van der Waals surface area contributed by atoms with Crippen molar-refractivity contribution >= 4 is 12.6 Å². The number of nitriles is 1. The van der Waals surface area contributed by atoms with E-state index in [0.29, 0.717) is 16.2 Å². The summed E-state index contributed by atoms with van der Waals surface area (Å²) in [4.78, 5) is 0.703. The molecule has 1 rings (SSSR count). The molecule has 0 amide bonds. The average molecular weight is 179 g/mol. The fraction of sp³-hybridized carbons (Fsp3) is 0.222. The summed E-state index contributed by atoms with van der Waals surface area (Å²) in [7, 11) is 1.53. The lowest BCUT2D eigenvalue weighted by Gasteiger charge is -2.06. The van der Waals surface area contributed by atoms with Crippen LogP contribution < -0.4 is 4.74 Å². The Kier molecular flexibility index (Phi) is 2.61. The molecule has 0 unspecified atom stereocenters. The lowest BCUT2D eigenvalue weighted by atomic mass is 10.1. The SMILES string of the molecule is COc1c(S)cc(C)cc1C#N. The fourth-order valence-electron chi connectivity index (χ4n) is 1.05. The minimum atomic E-state index is 0.530. The molecule has 0 aromatic heterocycles. The number of thiol groups is 1. The molecule has 0 aliphatic carbocycles. The van der Waals surface area contributed by atoms with E-state index in [2.05, 4.69) is 18.7 Å². The van der Waals surface area contributed by atoms with Crippen LogP contribution in [0.2, 0.25) is 0 Å². The Hall–Kier alpha value is -1.14. The van der Waals surface area contributed by atoms with E-state index in [0.717, 1.165) is 5.56 Å². The highest BCUT2D eigenvalue weighted by molar-refractivity contribution is 7.80. The van der Waals surface area contributed by atoms with Crippen molar-refractivity contribution in [1.82, 2.24) is 0 Å².